The summed E-state index contributed by atoms with van der Waals surface area (Å²) in [5.74, 6) is 0.0338. The van der Waals surface area contributed by atoms with Crippen LogP contribution in [0.3, 0.4) is 0 Å². The van der Waals surface area contributed by atoms with Crippen molar-refractivity contribution in [1.82, 2.24) is 5.32 Å². The van der Waals surface area contributed by atoms with E-state index >= 15 is 0 Å². The number of rotatable bonds is 4. The Bertz CT molecular complexity index is 508. The molecule has 1 aromatic carbocycles. The van der Waals surface area contributed by atoms with Crippen LogP contribution in [0, 0.1) is 12.8 Å². The zero-order valence-corrected chi connectivity index (χ0v) is 12.0. The fourth-order valence-electron chi connectivity index (χ4n) is 2.20. The predicted molar refractivity (Wildman–Crippen MR) is 79.7 cm³/mol. The van der Waals surface area contributed by atoms with Gasteiger partial charge in [-0.25, -0.2) is 0 Å². The molecule has 1 unspecified atom stereocenters. The highest BCUT2D eigenvalue weighted by atomic mass is 16.2. The molecule has 1 aliphatic rings. The number of hydrogen-bond acceptors (Lipinski definition) is 3. The molecule has 5 heteroatoms. The second-order valence-electron chi connectivity index (χ2n) is 5.11. The number of aryl methyl sites for hydroxylation is 1. The minimum Gasteiger partial charge on any atom is -0.326 e. The minimum atomic E-state index is -0.0360. The highest BCUT2D eigenvalue weighted by Gasteiger charge is 2.22. The lowest BCUT2D eigenvalue weighted by molar-refractivity contribution is -0.119. The standard InChI is InChI=1S/C15H21N3O2/c1-3-14(19)17-12-5-4-10(2)13(8-12)18-15(20)11-6-7-16-9-11/h4-5,8,11,16H,3,6-7,9H2,1-2H3,(H,17,19)(H,18,20). The van der Waals surface area contributed by atoms with Crippen molar-refractivity contribution in [3.8, 4) is 0 Å². The number of carbonyl (C=O) groups is 2. The third kappa shape index (κ3) is 3.57. The van der Waals surface area contributed by atoms with Crippen molar-refractivity contribution in [3.63, 3.8) is 0 Å². The van der Waals surface area contributed by atoms with E-state index in [2.05, 4.69) is 16.0 Å². The van der Waals surface area contributed by atoms with Gasteiger partial charge in [0.15, 0.2) is 0 Å². The Morgan fingerprint density at radius 2 is 2.15 bits per heavy atom. The van der Waals surface area contributed by atoms with Crippen LogP contribution in [-0.4, -0.2) is 24.9 Å². The van der Waals surface area contributed by atoms with Gasteiger partial charge in [0.25, 0.3) is 0 Å². The predicted octanol–water partition coefficient (Wildman–Crippen LogP) is 1.89. The van der Waals surface area contributed by atoms with Crippen molar-refractivity contribution in [3.05, 3.63) is 23.8 Å². The van der Waals surface area contributed by atoms with E-state index in [1.807, 2.05) is 25.1 Å². The van der Waals surface area contributed by atoms with Crippen molar-refractivity contribution in [1.29, 1.82) is 0 Å². The first-order valence-corrected chi connectivity index (χ1v) is 7.02. The van der Waals surface area contributed by atoms with Gasteiger partial charge < -0.3 is 16.0 Å². The highest BCUT2D eigenvalue weighted by molar-refractivity contribution is 5.95. The van der Waals surface area contributed by atoms with Gasteiger partial charge in [0.05, 0.1) is 5.92 Å². The Hall–Kier alpha value is -1.88. The highest BCUT2D eigenvalue weighted by Crippen LogP contribution is 2.22. The molecule has 2 amide bonds. The molecular weight excluding hydrogens is 254 g/mol. The van der Waals surface area contributed by atoms with E-state index in [0.29, 0.717) is 12.1 Å². The van der Waals surface area contributed by atoms with Gasteiger partial charge in [-0.2, -0.15) is 0 Å². The summed E-state index contributed by atoms with van der Waals surface area (Å²) in [5, 5.41) is 8.93. The van der Waals surface area contributed by atoms with Crippen LogP contribution in [0.1, 0.15) is 25.3 Å². The lowest BCUT2D eigenvalue weighted by Gasteiger charge is -2.13. The van der Waals surface area contributed by atoms with Gasteiger partial charge in [-0.3, -0.25) is 9.59 Å². The van der Waals surface area contributed by atoms with Crippen LogP contribution in [-0.2, 0) is 9.59 Å². The number of anilines is 2. The summed E-state index contributed by atoms with van der Waals surface area (Å²) in [4.78, 5) is 23.5. The van der Waals surface area contributed by atoms with Crippen LogP contribution >= 0.6 is 0 Å². The summed E-state index contributed by atoms with van der Waals surface area (Å²) >= 11 is 0. The van der Waals surface area contributed by atoms with Gasteiger partial charge in [0.2, 0.25) is 11.8 Å². The SMILES string of the molecule is CCC(=O)Nc1ccc(C)c(NC(=O)C2CCNC2)c1. The summed E-state index contributed by atoms with van der Waals surface area (Å²) < 4.78 is 0. The van der Waals surface area contributed by atoms with Gasteiger partial charge in [0.1, 0.15) is 0 Å². The van der Waals surface area contributed by atoms with Crippen LogP contribution in [0.15, 0.2) is 18.2 Å². The molecule has 2 rings (SSSR count). The normalized spacial score (nSPS) is 17.8. The quantitative estimate of drug-likeness (QED) is 0.786. The van der Waals surface area contributed by atoms with Crippen LogP contribution in [0.25, 0.3) is 0 Å². The van der Waals surface area contributed by atoms with E-state index in [1.54, 1.807) is 6.92 Å². The van der Waals surface area contributed by atoms with E-state index < -0.39 is 0 Å². The zero-order valence-electron chi connectivity index (χ0n) is 12.0. The van der Waals surface area contributed by atoms with Crippen LogP contribution in [0.5, 0.6) is 0 Å². The molecule has 0 spiro atoms. The Labute approximate surface area is 119 Å². The Kier molecular flexibility index (Phi) is 4.74. The van der Waals surface area contributed by atoms with Crippen molar-refractivity contribution in [2.45, 2.75) is 26.7 Å². The van der Waals surface area contributed by atoms with Crippen LogP contribution in [0.2, 0.25) is 0 Å². The minimum absolute atomic E-state index is 0.0308. The molecule has 1 aliphatic heterocycles. The van der Waals surface area contributed by atoms with Crippen molar-refractivity contribution < 1.29 is 9.59 Å². The molecular formula is C15H21N3O2. The van der Waals surface area contributed by atoms with Crippen molar-refractivity contribution in [2.24, 2.45) is 5.92 Å². The monoisotopic (exact) mass is 275 g/mol. The third-order valence-corrected chi connectivity index (χ3v) is 3.53. The molecule has 108 valence electrons. The number of benzene rings is 1. The first kappa shape index (κ1) is 14.5. The molecule has 3 N–H and O–H groups in total. The largest absolute Gasteiger partial charge is 0.326 e. The molecule has 0 aromatic heterocycles. The molecule has 1 atom stereocenters. The maximum absolute atomic E-state index is 12.1. The summed E-state index contributed by atoms with van der Waals surface area (Å²) in [6.07, 6.45) is 1.31. The van der Waals surface area contributed by atoms with Crippen molar-refractivity contribution >= 4 is 23.2 Å². The first-order valence-electron chi connectivity index (χ1n) is 7.02. The summed E-state index contributed by atoms with van der Waals surface area (Å²) in [6.45, 7) is 5.37. The molecule has 1 saturated heterocycles. The average molecular weight is 275 g/mol. The fourth-order valence-corrected chi connectivity index (χ4v) is 2.20. The van der Waals surface area contributed by atoms with E-state index in [9.17, 15) is 9.59 Å². The van der Waals surface area contributed by atoms with Gasteiger partial charge in [-0.05, 0) is 37.6 Å². The van der Waals surface area contributed by atoms with Gasteiger partial charge in [-0.1, -0.05) is 13.0 Å². The lowest BCUT2D eigenvalue weighted by Crippen LogP contribution is -2.25. The molecule has 1 fully saturated rings. The molecule has 0 radical (unpaired) electrons. The second-order valence-corrected chi connectivity index (χ2v) is 5.11. The van der Waals surface area contributed by atoms with Gasteiger partial charge in [-0.15, -0.1) is 0 Å². The molecule has 5 nitrogen and oxygen atoms in total. The van der Waals surface area contributed by atoms with Gasteiger partial charge >= 0.3 is 0 Å². The smallest absolute Gasteiger partial charge is 0.228 e. The Morgan fingerprint density at radius 1 is 1.35 bits per heavy atom. The van der Waals surface area contributed by atoms with Crippen molar-refractivity contribution in [2.75, 3.05) is 23.7 Å². The maximum atomic E-state index is 12.1. The number of hydrogen-bond donors (Lipinski definition) is 3. The Balaban J connectivity index is 2.07. The molecule has 0 bridgehead atoms. The Morgan fingerprint density at radius 3 is 2.80 bits per heavy atom. The second kappa shape index (κ2) is 6.52. The van der Waals surface area contributed by atoms with Crippen LogP contribution < -0.4 is 16.0 Å². The lowest BCUT2D eigenvalue weighted by atomic mass is 10.1. The molecule has 0 aliphatic carbocycles. The topological polar surface area (TPSA) is 70.2 Å². The molecule has 0 saturated carbocycles. The first-order chi connectivity index (χ1) is 9.60. The van der Waals surface area contributed by atoms with Gasteiger partial charge in [0, 0.05) is 24.3 Å². The summed E-state index contributed by atoms with van der Waals surface area (Å²) in [7, 11) is 0. The molecule has 20 heavy (non-hydrogen) atoms. The fraction of sp³-hybridized carbons (Fsp3) is 0.467. The zero-order chi connectivity index (χ0) is 14.5. The van der Waals surface area contributed by atoms with E-state index in [0.717, 1.165) is 30.8 Å². The van der Waals surface area contributed by atoms with E-state index in [4.69, 9.17) is 0 Å². The molecule has 1 aromatic rings. The van der Waals surface area contributed by atoms with Crippen LogP contribution in [0.4, 0.5) is 11.4 Å². The van der Waals surface area contributed by atoms with E-state index in [1.165, 1.54) is 0 Å². The summed E-state index contributed by atoms with van der Waals surface area (Å²) in [6, 6.07) is 5.55. The number of nitrogens with one attached hydrogen (secondary N) is 3. The maximum Gasteiger partial charge on any atom is 0.228 e. The van der Waals surface area contributed by atoms with E-state index in [-0.39, 0.29) is 17.7 Å². The number of carbonyl (C=O) groups excluding carboxylic acids is 2. The number of amides is 2. The molecule has 1 heterocycles. The third-order valence-electron chi connectivity index (χ3n) is 3.53. The summed E-state index contributed by atoms with van der Waals surface area (Å²) in [5.41, 5.74) is 2.46. The average Bonchev–Trinajstić information content (AvgIpc) is 2.96.